The summed E-state index contributed by atoms with van der Waals surface area (Å²) in [5.41, 5.74) is 0.492. The number of aromatic carboxylic acids is 1. The summed E-state index contributed by atoms with van der Waals surface area (Å²) < 4.78 is 0.662. The smallest absolute Gasteiger partial charge is 0.335 e. The van der Waals surface area contributed by atoms with E-state index in [4.69, 9.17) is 5.11 Å². The van der Waals surface area contributed by atoms with Gasteiger partial charge in [0.15, 0.2) is 0 Å². The number of rotatable bonds is 3. The predicted molar refractivity (Wildman–Crippen MR) is 84.5 cm³/mol. The number of hydrogen-bond acceptors (Lipinski definition) is 3. The van der Waals surface area contributed by atoms with Gasteiger partial charge in [0.25, 0.3) is 0 Å². The number of hydrogen-bond donors (Lipinski definition) is 3. The number of nitrogens with one attached hydrogen (secondary N) is 2. The molecule has 6 heteroatoms. The fraction of sp³-hybridized carbons (Fsp3) is 0.467. The lowest BCUT2D eigenvalue weighted by Gasteiger charge is -2.38. The lowest BCUT2D eigenvalue weighted by Crippen LogP contribution is -2.53. The Morgan fingerprint density at radius 3 is 2.76 bits per heavy atom. The fourth-order valence-corrected chi connectivity index (χ4v) is 2.96. The van der Waals surface area contributed by atoms with Crippen LogP contribution in [0.2, 0.25) is 0 Å². The number of carboxylic acids is 1. The Kier molecular flexibility index (Phi) is 4.68. The molecule has 1 amide bonds. The van der Waals surface area contributed by atoms with Crippen LogP contribution in [0.4, 0.5) is 5.69 Å². The number of carboxylic acid groups (broad SMARTS) is 1. The second-order valence-corrected chi connectivity index (χ2v) is 6.82. The van der Waals surface area contributed by atoms with Crippen molar-refractivity contribution in [1.82, 2.24) is 5.32 Å². The molecule has 1 aromatic rings. The third-order valence-corrected chi connectivity index (χ3v) is 4.55. The molecule has 1 heterocycles. The van der Waals surface area contributed by atoms with E-state index in [1.165, 1.54) is 12.1 Å². The average Bonchev–Trinajstić information content (AvgIpc) is 2.40. The van der Waals surface area contributed by atoms with E-state index in [1.807, 2.05) is 0 Å². The van der Waals surface area contributed by atoms with Crippen LogP contribution in [0.15, 0.2) is 22.7 Å². The Labute approximate surface area is 132 Å². The maximum atomic E-state index is 12.5. The maximum Gasteiger partial charge on any atom is 0.335 e. The average molecular weight is 355 g/mol. The summed E-state index contributed by atoms with van der Waals surface area (Å²) in [5, 5.41) is 15.1. The molecule has 0 bridgehead atoms. The van der Waals surface area contributed by atoms with Gasteiger partial charge in [0, 0.05) is 4.47 Å². The van der Waals surface area contributed by atoms with E-state index < -0.39 is 5.97 Å². The van der Waals surface area contributed by atoms with Crippen molar-refractivity contribution in [1.29, 1.82) is 0 Å². The van der Waals surface area contributed by atoms with Crippen molar-refractivity contribution < 1.29 is 14.7 Å². The van der Waals surface area contributed by atoms with Crippen LogP contribution in [-0.2, 0) is 4.79 Å². The zero-order chi connectivity index (χ0) is 15.6. The number of halogens is 1. The minimum absolute atomic E-state index is 0.126. The molecule has 1 unspecified atom stereocenters. The molecule has 21 heavy (non-hydrogen) atoms. The zero-order valence-electron chi connectivity index (χ0n) is 12.1. The fourth-order valence-electron chi connectivity index (χ4n) is 2.62. The van der Waals surface area contributed by atoms with Gasteiger partial charge in [0.1, 0.15) is 0 Å². The van der Waals surface area contributed by atoms with Crippen molar-refractivity contribution >= 4 is 33.5 Å². The van der Waals surface area contributed by atoms with Crippen molar-refractivity contribution in [3.05, 3.63) is 28.2 Å². The lowest BCUT2D eigenvalue weighted by atomic mass is 9.77. The SMILES string of the molecule is CC1(C)CCCNC1C(=O)Nc1cc(C(=O)O)ccc1Br. The summed E-state index contributed by atoms with van der Waals surface area (Å²) in [7, 11) is 0. The van der Waals surface area contributed by atoms with Gasteiger partial charge in [-0.05, 0) is 58.9 Å². The first kappa shape index (κ1) is 16.0. The number of carbonyl (C=O) groups excluding carboxylic acids is 1. The van der Waals surface area contributed by atoms with E-state index in [2.05, 4.69) is 40.4 Å². The molecule has 114 valence electrons. The molecule has 0 spiro atoms. The molecule has 0 saturated carbocycles. The van der Waals surface area contributed by atoms with Crippen LogP contribution in [0.25, 0.3) is 0 Å². The van der Waals surface area contributed by atoms with Crippen LogP contribution in [0.5, 0.6) is 0 Å². The monoisotopic (exact) mass is 354 g/mol. The van der Waals surface area contributed by atoms with Crippen molar-refractivity contribution in [2.24, 2.45) is 5.41 Å². The van der Waals surface area contributed by atoms with Crippen molar-refractivity contribution in [3.63, 3.8) is 0 Å². The van der Waals surface area contributed by atoms with Gasteiger partial charge >= 0.3 is 5.97 Å². The van der Waals surface area contributed by atoms with E-state index in [1.54, 1.807) is 6.07 Å². The van der Waals surface area contributed by atoms with E-state index in [0.717, 1.165) is 19.4 Å². The summed E-state index contributed by atoms with van der Waals surface area (Å²) in [6.45, 7) is 4.94. The molecular weight excluding hydrogens is 336 g/mol. The number of piperidine rings is 1. The topological polar surface area (TPSA) is 78.4 Å². The van der Waals surface area contributed by atoms with Crippen LogP contribution >= 0.6 is 15.9 Å². The second kappa shape index (κ2) is 6.15. The Hall–Kier alpha value is -1.40. The molecule has 1 aromatic carbocycles. The maximum absolute atomic E-state index is 12.5. The highest BCUT2D eigenvalue weighted by atomic mass is 79.9. The van der Waals surface area contributed by atoms with E-state index in [9.17, 15) is 9.59 Å². The van der Waals surface area contributed by atoms with Crippen LogP contribution in [0, 0.1) is 5.41 Å². The summed E-state index contributed by atoms with van der Waals surface area (Å²) in [6.07, 6.45) is 2.03. The minimum Gasteiger partial charge on any atom is -0.478 e. The number of benzene rings is 1. The Morgan fingerprint density at radius 1 is 1.43 bits per heavy atom. The third kappa shape index (κ3) is 3.63. The van der Waals surface area contributed by atoms with Crippen LogP contribution in [0.1, 0.15) is 37.0 Å². The van der Waals surface area contributed by atoms with Gasteiger partial charge in [-0.1, -0.05) is 13.8 Å². The predicted octanol–water partition coefficient (Wildman–Crippen LogP) is 2.86. The highest BCUT2D eigenvalue weighted by Crippen LogP contribution is 2.31. The largest absolute Gasteiger partial charge is 0.478 e. The highest BCUT2D eigenvalue weighted by Gasteiger charge is 2.37. The minimum atomic E-state index is -1.02. The van der Waals surface area contributed by atoms with E-state index >= 15 is 0 Å². The van der Waals surface area contributed by atoms with Crippen molar-refractivity contribution in [3.8, 4) is 0 Å². The molecule has 5 nitrogen and oxygen atoms in total. The van der Waals surface area contributed by atoms with Gasteiger partial charge in [0.2, 0.25) is 5.91 Å². The Balaban J connectivity index is 2.19. The quantitative estimate of drug-likeness (QED) is 0.779. The van der Waals surface area contributed by atoms with Crippen LogP contribution in [-0.4, -0.2) is 29.6 Å². The molecule has 1 saturated heterocycles. The molecule has 1 atom stereocenters. The van der Waals surface area contributed by atoms with E-state index in [-0.39, 0.29) is 22.9 Å². The first-order valence-electron chi connectivity index (χ1n) is 6.88. The molecule has 2 rings (SSSR count). The van der Waals surface area contributed by atoms with Crippen LogP contribution < -0.4 is 10.6 Å². The Morgan fingerprint density at radius 2 is 2.14 bits per heavy atom. The summed E-state index contributed by atoms with van der Waals surface area (Å²) >= 11 is 3.33. The standard InChI is InChI=1S/C15H19BrN2O3/c1-15(2)6-3-7-17-12(15)13(19)18-11-8-9(14(20)21)4-5-10(11)16/h4-5,8,12,17H,3,6-7H2,1-2H3,(H,18,19)(H,20,21). The second-order valence-electron chi connectivity index (χ2n) is 5.97. The molecule has 1 aliphatic heterocycles. The number of amides is 1. The molecule has 0 radical (unpaired) electrons. The summed E-state index contributed by atoms with van der Waals surface area (Å²) in [4.78, 5) is 23.5. The molecule has 0 aromatic heterocycles. The lowest BCUT2D eigenvalue weighted by molar-refractivity contribution is -0.121. The summed E-state index contributed by atoms with van der Waals surface area (Å²) in [5.74, 6) is -1.16. The first-order valence-corrected chi connectivity index (χ1v) is 7.68. The van der Waals surface area contributed by atoms with Crippen molar-refractivity contribution in [2.75, 3.05) is 11.9 Å². The molecule has 1 fully saturated rings. The Bertz CT molecular complexity index is 572. The molecule has 3 N–H and O–H groups in total. The number of anilines is 1. The van der Waals surface area contributed by atoms with Gasteiger partial charge in [-0.15, -0.1) is 0 Å². The molecular formula is C15H19BrN2O3. The first-order chi connectivity index (χ1) is 9.81. The van der Waals surface area contributed by atoms with Gasteiger partial charge < -0.3 is 15.7 Å². The normalized spacial score (nSPS) is 20.8. The summed E-state index contributed by atoms with van der Waals surface area (Å²) in [6, 6.07) is 4.29. The van der Waals surface area contributed by atoms with E-state index in [0.29, 0.717) is 10.2 Å². The highest BCUT2D eigenvalue weighted by molar-refractivity contribution is 9.10. The third-order valence-electron chi connectivity index (χ3n) is 3.86. The van der Waals surface area contributed by atoms with Gasteiger partial charge in [-0.2, -0.15) is 0 Å². The van der Waals surface area contributed by atoms with Gasteiger partial charge in [0.05, 0.1) is 17.3 Å². The molecule has 1 aliphatic rings. The van der Waals surface area contributed by atoms with Crippen molar-refractivity contribution in [2.45, 2.75) is 32.7 Å². The zero-order valence-corrected chi connectivity index (χ0v) is 13.7. The number of carbonyl (C=O) groups is 2. The van der Waals surface area contributed by atoms with Gasteiger partial charge in [-0.3, -0.25) is 4.79 Å². The van der Waals surface area contributed by atoms with Gasteiger partial charge in [-0.25, -0.2) is 4.79 Å². The van der Waals surface area contributed by atoms with Crippen LogP contribution in [0.3, 0.4) is 0 Å². The molecule has 0 aliphatic carbocycles.